The van der Waals surface area contributed by atoms with Crippen molar-refractivity contribution in [1.82, 2.24) is 4.90 Å². The van der Waals surface area contributed by atoms with E-state index in [0.717, 1.165) is 42.8 Å². The molecule has 150 valence electrons. The first-order chi connectivity index (χ1) is 13.2. The van der Waals surface area contributed by atoms with E-state index < -0.39 is 0 Å². The molecule has 4 rings (SSSR count). The maximum atomic E-state index is 12.0. The Bertz CT molecular complexity index is 880. The highest BCUT2D eigenvalue weighted by Crippen LogP contribution is 2.43. The zero-order chi connectivity index (χ0) is 18.8. The summed E-state index contributed by atoms with van der Waals surface area (Å²) in [6, 6.07) is 8.28. The average molecular weight is 420 g/mol. The van der Waals surface area contributed by atoms with Crippen molar-refractivity contribution in [2.45, 2.75) is 32.8 Å². The summed E-state index contributed by atoms with van der Waals surface area (Å²) in [5, 5.41) is 2.15. The van der Waals surface area contributed by atoms with Crippen LogP contribution in [-0.4, -0.2) is 37.6 Å². The monoisotopic (exact) mass is 419 g/mol. The number of thiophene rings is 1. The Balaban J connectivity index is 0.00000225. The predicted octanol–water partition coefficient (Wildman–Crippen LogP) is 4.70. The molecule has 2 aliphatic rings. The Morgan fingerprint density at radius 1 is 1.25 bits per heavy atom. The lowest BCUT2D eigenvalue weighted by Crippen LogP contribution is -2.26. The molecule has 0 radical (unpaired) electrons. The van der Waals surface area contributed by atoms with Crippen LogP contribution in [0.5, 0.6) is 5.75 Å². The van der Waals surface area contributed by atoms with Gasteiger partial charge in [-0.3, -0.25) is 4.79 Å². The minimum absolute atomic E-state index is 0. The van der Waals surface area contributed by atoms with Crippen molar-refractivity contribution in [3.05, 3.63) is 56.8 Å². The quantitative estimate of drug-likeness (QED) is 0.676. The smallest absolute Gasteiger partial charge is 0.310 e. The zero-order valence-corrected chi connectivity index (χ0v) is 18.0. The molecule has 0 spiro atoms. The number of carbonyl (C=O) groups excluding carboxylic acids is 1. The lowest BCUT2D eigenvalue weighted by molar-refractivity contribution is -0.142. The average Bonchev–Trinajstić information content (AvgIpc) is 3.05. The molecule has 0 N–H and O–H groups in total. The van der Waals surface area contributed by atoms with Gasteiger partial charge in [0.1, 0.15) is 12.4 Å². The molecular formula is C22H26ClNO3S. The second-order valence-electron chi connectivity index (χ2n) is 7.16. The number of ether oxygens (including phenoxy) is 2. The van der Waals surface area contributed by atoms with Crippen LogP contribution < -0.4 is 4.74 Å². The number of benzene rings is 1. The molecular weight excluding hydrogens is 394 g/mol. The summed E-state index contributed by atoms with van der Waals surface area (Å²) in [6.45, 7) is 5.01. The molecule has 0 atom stereocenters. The largest absolute Gasteiger partial charge is 0.488 e. The molecule has 2 aliphatic heterocycles. The summed E-state index contributed by atoms with van der Waals surface area (Å²) in [5.74, 6) is 0.727. The molecule has 28 heavy (non-hydrogen) atoms. The number of rotatable bonds is 3. The number of nitrogens with zero attached hydrogens (tertiary/aromatic N) is 1. The standard InChI is InChI=1S/C22H25NO3S.ClH/c1-3-25-20(24)13-15-4-5-19-18(12-15)21(16-6-9-23(2)10-7-16)22-17(14-26-19)8-11-27-22;/h4-5,8,11-12H,3,6-7,9-10,13-14H2,1-2H3;1H. The first-order valence-corrected chi connectivity index (χ1v) is 10.4. The van der Waals surface area contributed by atoms with Crippen molar-refractivity contribution >= 4 is 35.3 Å². The number of carbonyl (C=O) groups is 1. The van der Waals surface area contributed by atoms with Gasteiger partial charge in [0.05, 0.1) is 13.0 Å². The van der Waals surface area contributed by atoms with E-state index in [9.17, 15) is 4.79 Å². The van der Waals surface area contributed by atoms with E-state index >= 15 is 0 Å². The molecule has 2 aromatic rings. The van der Waals surface area contributed by atoms with Gasteiger partial charge in [-0.15, -0.1) is 23.7 Å². The zero-order valence-electron chi connectivity index (χ0n) is 16.3. The van der Waals surface area contributed by atoms with E-state index in [4.69, 9.17) is 9.47 Å². The van der Waals surface area contributed by atoms with Gasteiger partial charge in [-0.2, -0.15) is 0 Å². The topological polar surface area (TPSA) is 38.8 Å². The third-order valence-electron chi connectivity index (χ3n) is 5.27. The van der Waals surface area contributed by atoms with E-state index in [1.807, 2.05) is 19.1 Å². The fourth-order valence-corrected chi connectivity index (χ4v) is 4.84. The number of likely N-dealkylation sites (tertiary alicyclic amines) is 1. The fraction of sp³-hybridized carbons (Fsp3) is 0.409. The Morgan fingerprint density at radius 3 is 2.79 bits per heavy atom. The van der Waals surface area contributed by atoms with Gasteiger partial charge in [0, 0.05) is 34.7 Å². The Labute approximate surface area is 176 Å². The number of hydrogen-bond donors (Lipinski definition) is 0. The minimum Gasteiger partial charge on any atom is -0.488 e. The van der Waals surface area contributed by atoms with Crippen molar-refractivity contribution in [3.8, 4) is 5.75 Å². The lowest BCUT2D eigenvalue weighted by atomic mass is 9.90. The molecule has 0 aliphatic carbocycles. The van der Waals surface area contributed by atoms with Crippen molar-refractivity contribution in [2.75, 3.05) is 26.7 Å². The van der Waals surface area contributed by atoms with Crippen LogP contribution in [0.1, 0.15) is 41.3 Å². The fourth-order valence-electron chi connectivity index (χ4n) is 3.82. The minimum atomic E-state index is -0.183. The van der Waals surface area contributed by atoms with Gasteiger partial charge in [-0.05, 0) is 56.0 Å². The summed E-state index contributed by atoms with van der Waals surface area (Å²) >= 11 is 1.79. The van der Waals surface area contributed by atoms with Crippen molar-refractivity contribution < 1.29 is 14.3 Å². The summed E-state index contributed by atoms with van der Waals surface area (Å²) in [6.07, 6.45) is 2.44. The van der Waals surface area contributed by atoms with Gasteiger partial charge >= 0.3 is 5.97 Å². The van der Waals surface area contributed by atoms with Crippen LogP contribution in [-0.2, 0) is 22.6 Å². The van der Waals surface area contributed by atoms with Crippen LogP contribution in [0.3, 0.4) is 0 Å². The maximum absolute atomic E-state index is 12.0. The molecule has 1 aromatic heterocycles. The van der Waals surface area contributed by atoms with E-state index in [-0.39, 0.29) is 18.4 Å². The molecule has 3 heterocycles. The normalized spacial score (nSPS) is 16.4. The molecule has 6 heteroatoms. The highest BCUT2D eigenvalue weighted by atomic mass is 35.5. The third-order valence-corrected chi connectivity index (χ3v) is 6.24. The molecule has 0 unspecified atom stereocenters. The van der Waals surface area contributed by atoms with Crippen molar-refractivity contribution in [1.29, 1.82) is 0 Å². The molecule has 0 bridgehead atoms. The van der Waals surface area contributed by atoms with Crippen LogP contribution in [0, 0.1) is 0 Å². The highest BCUT2D eigenvalue weighted by Gasteiger charge is 2.25. The third kappa shape index (κ3) is 4.27. The van der Waals surface area contributed by atoms with E-state index in [0.29, 0.717) is 19.6 Å². The van der Waals surface area contributed by atoms with Gasteiger partial charge in [0.25, 0.3) is 0 Å². The van der Waals surface area contributed by atoms with Gasteiger partial charge in [-0.25, -0.2) is 0 Å². The Morgan fingerprint density at radius 2 is 2.04 bits per heavy atom. The number of halogens is 1. The van der Waals surface area contributed by atoms with Crippen LogP contribution in [0.2, 0.25) is 0 Å². The van der Waals surface area contributed by atoms with Gasteiger partial charge in [0.15, 0.2) is 0 Å². The molecule has 4 nitrogen and oxygen atoms in total. The molecule has 1 fully saturated rings. The summed E-state index contributed by atoms with van der Waals surface area (Å²) in [4.78, 5) is 15.7. The lowest BCUT2D eigenvalue weighted by Gasteiger charge is -2.26. The summed E-state index contributed by atoms with van der Waals surface area (Å²) in [7, 11) is 2.18. The Hall–Kier alpha value is -1.82. The number of fused-ring (bicyclic) bond motifs is 2. The first-order valence-electron chi connectivity index (χ1n) is 9.54. The summed E-state index contributed by atoms with van der Waals surface area (Å²) in [5.41, 5.74) is 6.17. The number of piperidine rings is 1. The second kappa shape index (κ2) is 9.12. The first kappa shape index (κ1) is 20.9. The van der Waals surface area contributed by atoms with E-state index in [1.54, 1.807) is 11.3 Å². The van der Waals surface area contributed by atoms with Crippen LogP contribution in [0.4, 0.5) is 0 Å². The van der Waals surface area contributed by atoms with Gasteiger partial charge in [-0.1, -0.05) is 11.6 Å². The number of esters is 1. The molecule has 0 amide bonds. The maximum Gasteiger partial charge on any atom is 0.310 e. The SMILES string of the molecule is CCOC(=O)Cc1ccc2c(c1)C(=C1CCN(C)CC1)c1sccc1CO2.Cl. The van der Waals surface area contributed by atoms with Crippen LogP contribution >= 0.6 is 23.7 Å². The van der Waals surface area contributed by atoms with E-state index in [1.165, 1.54) is 21.6 Å². The molecule has 1 saturated heterocycles. The molecule has 0 saturated carbocycles. The van der Waals surface area contributed by atoms with Gasteiger partial charge < -0.3 is 14.4 Å². The second-order valence-corrected chi connectivity index (χ2v) is 8.07. The predicted molar refractivity (Wildman–Crippen MR) is 115 cm³/mol. The highest BCUT2D eigenvalue weighted by molar-refractivity contribution is 7.11. The molecule has 1 aromatic carbocycles. The summed E-state index contributed by atoms with van der Waals surface area (Å²) < 4.78 is 11.3. The van der Waals surface area contributed by atoms with Crippen LogP contribution in [0.15, 0.2) is 35.2 Å². The van der Waals surface area contributed by atoms with Gasteiger partial charge in [0.2, 0.25) is 0 Å². The van der Waals surface area contributed by atoms with Crippen molar-refractivity contribution in [2.24, 2.45) is 0 Å². The Kier molecular flexibility index (Phi) is 6.81. The van der Waals surface area contributed by atoms with Crippen molar-refractivity contribution in [3.63, 3.8) is 0 Å². The number of hydrogen-bond acceptors (Lipinski definition) is 5. The van der Waals surface area contributed by atoms with E-state index in [2.05, 4.69) is 29.5 Å². The van der Waals surface area contributed by atoms with Crippen LogP contribution in [0.25, 0.3) is 5.57 Å².